The molecule has 1 aromatic heterocycles. The van der Waals surface area contributed by atoms with Gasteiger partial charge in [0.25, 0.3) is 0 Å². The van der Waals surface area contributed by atoms with Crippen LogP contribution >= 0.6 is 11.3 Å². The van der Waals surface area contributed by atoms with Crippen LogP contribution in [0.5, 0.6) is 0 Å². The van der Waals surface area contributed by atoms with Gasteiger partial charge in [-0.15, -0.1) is 11.3 Å². The standard InChI is InChI=1S/C11H18N2OS/c1-8-13-11(7-15-8)5-10(12)4-9-2-3-14-6-9/h7,9-10H,2-6,12H2,1H3. The van der Waals surface area contributed by atoms with Crippen LogP contribution in [0.3, 0.4) is 0 Å². The third kappa shape index (κ3) is 3.26. The zero-order valence-corrected chi connectivity index (χ0v) is 9.93. The molecule has 84 valence electrons. The van der Waals surface area contributed by atoms with Gasteiger partial charge in [0.1, 0.15) is 0 Å². The van der Waals surface area contributed by atoms with Crippen LogP contribution in [0.1, 0.15) is 23.5 Å². The summed E-state index contributed by atoms with van der Waals surface area (Å²) in [5.41, 5.74) is 7.25. The maximum Gasteiger partial charge on any atom is 0.0897 e. The number of aryl methyl sites for hydroxylation is 1. The van der Waals surface area contributed by atoms with Crippen LogP contribution in [0.25, 0.3) is 0 Å². The zero-order valence-electron chi connectivity index (χ0n) is 9.11. The van der Waals surface area contributed by atoms with Crippen LogP contribution in [0.2, 0.25) is 0 Å². The number of hydrogen-bond donors (Lipinski definition) is 1. The largest absolute Gasteiger partial charge is 0.381 e. The van der Waals surface area contributed by atoms with E-state index in [9.17, 15) is 0 Å². The molecule has 2 rings (SSSR count). The summed E-state index contributed by atoms with van der Waals surface area (Å²) in [6.45, 7) is 3.83. The lowest BCUT2D eigenvalue weighted by Gasteiger charge is -2.13. The van der Waals surface area contributed by atoms with Gasteiger partial charge < -0.3 is 10.5 Å². The predicted octanol–water partition coefficient (Wildman–Crippen LogP) is 1.75. The molecule has 0 saturated carbocycles. The molecular formula is C11H18N2OS. The van der Waals surface area contributed by atoms with Gasteiger partial charge in [-0.25, -0.2) is 4.98 Å². The molecule has 0 radical (unpaired) electrons. The van der Waals surface area contributed by atoms with E-state index in [2.05, 4.69) is 10.4 Å². The molecule has 1 saturated heterocycles. The average Bonchev–Trinajstić information content (AvgIpc) is 2.77. The molecule has 0 spiro atoms. The van der Waals surface area contributed by atoms with E-state index in [4.69, 9.17) is 10.5 Å². The van der Waals surface area contributed by atoms with Gasteiger partial charge >= 0.3 is 0 Å². The Kier molecular flexibility index (Phi) is 3.72. The molecule has 1 aliphatic rings. The molecule has 2 atom stereocenters. The second-order valence-electron chi connectivity index (χ2n) is 4.29. The Morgan fingerprint density at radius 3 is 3.20 bits per heavy atom. The van der Waals surface area contributed by atoms with Crippen LogP contribution in [0.15, 0.2) is 5.38 Å². The summed E-state index contributed by atoms with van der Waals surface area (Å²) < 4.78 is 5.34. The smallest absolute Gasteiger partial charge is 0.0897 e. The first-order chi connectivity index (χ1) is 7.24. The summed E-state index contributed by atoms with van der Waals surface area (Å²) in [6.07, 6.45) is 3.14. The van der Waals surface area contributed by atoms with Crippen molar-refractivity contribution >= 4 is 11.3 Å². The number of rotatable bonds is 4. The Labute approximate surface area is 94.7 Å². The monoisotopic (exact) mass is 226 g/mol. The van der Waals surface area contributed by atoms with Gasteiger partial charge in [0.2, 0.25) is 0 Å². The van der Waals surface area contributed by atoms with Crippen LogP contribution in [-0.2, 0) is 11.2 Å². The van der Waals surface area contributed by atoms with Crippen molar-refractivity contribution in [1.29, 1.82) is 0 Å². The molecule has 15 heavy (non-hydrogen) atoms. The first-order valence-electron chi connectivity index (χ1n) is 5.48. The number of nitrogens with zero attached hydrogens (tertiary/aromatic N) is 1. The van der Waals surface area contributed by atoms with Crippen LogP contribution < -0.4 is 5.73 Å². The van der Waals surface area contributed by atoms with E-state index in [0.717, 1.165) is 36.8 Å². The molecule has 1 aliphatic heterocycles. The first kappa shape index (κ1) is 11.0. The average molecular weight is 226 g/mol. The molecule has 0 aliphatic carbocycles. The van der Waals surface area contributed by atoms with Crippen LogP contribution in [0.4, 0.5) is 0 Å². The minimum Gasteiger partial charge on any atom is -0.381 e. The van der Waals surface area contributed by atoms with Crippen molar-refractivity contribution < 1.29 is 4.74 Å². The van der Waals surface area contributed by atoms with Gasteiger partial charge in [0, 0.05) is 31.1 Å². The molecule has 0 aromatic carbocycles. The van der Waals surface area contributed by atoms with Gasteiger partial charge in [-0.2, -0.15) is 0 Å². The topological polar surface area (TPSA) is 48.1 Å². The van der Waals surface area contributed by atoms with Crippen molar-refractivity contribution in [2.75, 3.05) is 13.2 Å². The molecule has 3 nitrogen and oxygen atoms in total. The highest BCUT2D eigenvalue weighted by molar-refractivity contribution is 7.09. The highest BCUT2D eigenvalue weighted by atomic mass is 32.1. The van der Waals surface area contributed by atoms with Gasteiger partial charge in [-0.05, 0) is 25.7 Å². The summed E-state index contributed by atoms with van der Waals surface area (Å²) in [6, 6.07) is 0.234. The number of hydrogen-bond acceptors (Lipinski definition) is 4. The quantitative estimate of drug-likeness (QED) is 0.851. The highest BCUT2D eigenvalue weighted by Crippen LogP contribution is 2.19. The van der Waals surface area contributed by atoms with Gasteiger partial charge in [0.05, 0.1) is 10.7 Å². The lowest BCUT2D eigenvalue weighted by Crippen LogP contribution is -2.26. The SMILES string of the molecule is Cc1nc(CC(N)CC2CCOC2)cs1. The Morgan fingerprint density at radius 2 is 2.60 bits per heavy atom. The van der Waals surface area contributed by atoms with Crippen molar-refractivity contribution in [3.05, 3.63) is 16.1 Å². The molecule has 0 bridgehead atoms. The van der Waals surface area contributed by atoms with Crippen molar-refractivity contribution in [2.24, 2.45) is 11.7 Å². The van der Waals surface area contributed by atoms with E-state index in [1.54, 1.807) is 11.3 Å². The highest BCUT2D eigenvalue weighted by Gasteiger charge is 2.19. The van der Waals surface area contributed by atoms with Gasteiger partial charge in [0.15, 0.2) is 0 Å². The molecule has 1 aromatic rings. The lowest BCUT2D eigenvalue weighted by atomic mass is 9.97. The number of thiazole rings is 1. The number of aromatic nitrogens is 1. The number of nitrogens with two attached hydrogens (primary N) is 1. The summed E-state index contributed by atoms with van der Waals surface area (Å²) in [4.78, 5) is 4.43. The Morgan fingerprint density at radius 1 is 1.73 bits per heavy atom. The molecule has 2 unspecified atom stereocenters. The van der Waals surface area contributed by atoms with Crippen molar-refractivity contribution in [3.63, 3.8) is 0 Å². The van der Waals surface area contributed by atoms with Gasteiger partial charge in [-0.1, -0.05) is 0 Å². The fourth-order valence-corrected chi connectivity index (χ4v) is 2.68. The van der Waals surface area contributed by atoms with Crippen molar-refractivity contribution in [1.82, 2.24) is 4.98 Å². The van der Waals surface area contributed by atoms with E-state index in [1.165, 1.54) is 6.42 Å². The summed E-state index contributed by atoms with van der Waals surface area (Å²) in [5, 5.41) is 3.24. The summed E-state index contributed by atoms with van der Waals surface area (Å²) in [7, 11) is 0. The zero-order chi connectivity index (χ0) is 10.7. The molecule has 4 heteroatoms. The first-order valence-corrected chi connectivity index (χ1v) is 6.36. The predicted molar refractivity (Wildman–Crippen MR) is 62.1 cm³/mol. The third-order valence-electron chi connectivity index (χ3n) is 2.80. The Hall–Kier alpha value is -0.450. The van der Waals surface area contributed by atoms with Crippen molar-refractivity contribution in [2.45, 2.75) is 32.2 Å². The van der Waals surface area contributed by atoms with E-state index >= 15 is 0 Å². The fourth-order valence-electron chi connectivity index (χ4n) is 2.05. The Balaban J connectivity index is 1.78. The molecule has 1 fully saturated rings. The van der Waals surface area contributed by atoms with Crippen LogP contribution in [-0.4, -0.2) is 24.2 Å². The number of ether oxygens (including phenoxy) is 1. The molecule has 2 N–H and O–H groups in total. The third-order valence-corrected chi connectivity index (χ3v) is 3.62. The minimum absolute atomic E-state index is 0.234. The summed E-state index contributed by atoms with van der Waals surface area (Å²) >= 11 is 1.70. The normalized spacial score (nSPS) is 23.2. The second-order valence-corrected chi connectivity index (χ2v) is 5.35. The Bertz CT molecular complexity index is 307. The van der Waals surface area contributed by atoms with E-state index in [1.807, 2.05) is 6.92 Å². The molecule has 0 amide bonds. The summed E-state index contributed by atoms with van der Waals surface area (Å²) in [5.74, 6) is 0.666. The maximum atomic E-state index is 6.10. The minimum atomic E-state index is 0.234. The van der Waals surface area contributed by atoms with E-state index in [-0.39, 0.29) is 6.04 Å². The molecular weight excluding hydrogens is 208 g/mol. The lowest BCUT2D eigenvalue weighted by molar-refractivity contribution is 0.182. The van der Waals surface area contributed by atoms with E-state index < -0.39 is 0 Å². The van der Waals surface area contributed by atoms with Gasteiger partial charge in [-0.3, -0.25) is 0 Å². The fraction of sp³-hybridized carbons (Fsp3) is 0.727. The van der Waals surface area contributed by atoms with E-state index in [0.29, 0.717) is 5.92 Å². The van der Waals surface area contributed by atoms with Crippen molar-refractivity contribution in [3.8, 4) is 0 Å². The second kappa shape index (κ2) is 5.05. The maximum absolute atomic E-state index is 6.10. The van der Waals surface area contributed by atoms with Crippen LogP contribution in [0, 0.1) is 12.8 Å². The molecule has 2 heterocycles.